The van der Waals surface area contributed by atoms with E-state index in [0.717, 1.165) is 32.6 Å². The van der Waals surface area contributed by atoms with Crippen LogP contribution in [0.5, 0.6) is 0 Å². The van der Waals surface area contributed by atoms with Crippen molar-refractivity contribution in [2.24, 2.45) is 5.92 Å². The van der Waals surface area contributed by atoms with Crippen molar-refractivity contribution in [3.05, 3.63) is 0 Å². The van der Waals surface area contributed by atoms with Crippen LogP contribution in [0.1, 0.15) is 25.7 Å². The van der Waals surface area contributed by atoms with Crippen LogP contribution in [0, 0.1) is 5.92 Å². The van der Waals surface area contributed by atoms with Gasteiger partial charge in [-0.05, 0) is 38.3 Å². The van der Waals surface area contributed by atoms with Gasteiger partial charge in [0.1, 0.15) is 0 Å². The first kappa shape index (κ1) is 9.00. The fraction of sp³-hybridized carbons (Fsp3) is 0.900. The highest BCUT2D eigenvalue weighted by Crippen LogP contribution is 2.14. The first-order valence-corrected chi connectivity index (χ1v) is 5.35. The number of hydrogen-bond acceptors (Lipinski definition) is 2. The van der Waals surface area contributed by atoms with E-state index in [0.29, 0.717) is 11.8 Å². The molecule has 0 saturated carbocycles. The van der Waals surface area contributed by atoms with Crippen molar-refractivity contribution < 1.29 is 4.79 Å². The second kappa shape index (κ2) is 4.09. The van der Waals surface area contributed by atoms with Crippen LogP contribution in [0.3, 0.4) is 0 Å². The fourth-order valence-electron chi connectivity index (χ4n) is 2.01. The average Bonchev–Trinajstić information content (AvgIpc) is 2.12. The summed E-state index contributed by atoms with van der Waals surface area (Å²) in [5, 5.41) is 3.20. The molecule has 2 fully saturated rings. The van der Waals surface area contributed by atoms with Crippen molar-refractivity contribution in [1.29, 1.82) is 0 Å². The zero-order valence-electron chi connectivity index (χ0n) is 8.09. The zero-order chi connectivity index (χ0) is 9.10. The topological polar surface area (TPSA) is 32.3 Å². The molecule has 2 aliphatic rings. The van der Waals surface area contributed by atoms with Crippen LogP contribution >= 0.6 is 0 Å². The maximum absolute atomic E-state index is 11.7. The maximum atomic E-state index is 11.7. The summed E-state index contributed by atoms with van der Waals surface area (Å²) in [4.78, 5) is 13.7. The summed E-state index contributed by atoms with van der Waals surface area (Å²) in [5.74, 6) is 1.00. The van der Waals surface area contributed by atoms with Crippen LogP contribution in [0.4, 0.5) is 0 Å². The monoisotopic (exact) mass is 182 g/mol. The Hall–Kier alpha value is -0.570. The van der Waals surface area contributed by atoms with Gasteiger partial charge in [-0.2, -0.15) is 0 Å². The fourth-order valence-corrected chi connectivity index (χ4v) is 2.01. The van der Waals surface area contributed by atoms with Crippen LogP contribution < -0.4 is 5.32 Å². The van der Waals surface area contributed by atoms with Crippen LogP contribution in [-0.2, 0) is 4.79 Å². The molecular weight excluding hydrogens is 164 g/mol. The molecule has 0 aromatic carbocycles. The van der Waals surface area contributed by atoms with Gasteiger partial charge in [-0.3, -0.25) is 4.79 Å². The molecule has 0 bridgehead atoms. The molecule has 0 atom stereocenters. The molecule has 0 aromatic heterocycles. The van der Waals surface area contributed by atoms with Gasteiger partial charge in [0.15, 0.2) is 0 Å². The Labute approximate surface area is 79.5 Å². The van der Waals surface area contributed by atoms with Crippen molar-refractivity contribution >= 4 is 5.91 Å². The average molecular weight is 182 g/mol. The van der Waals surface area contributed by atoms with Gasteiger partial charge >= 0.3 is 0 Å². The van der Waals surface area contributed by atoms with E-state index >= 15 is 0 Å². The van der Waals surface area contributed by atoms with Gasteiger partial charge in [0.25, 0.3) is 0 Å². The molecule has 3 heteroatoms. The van der Waals surface area contributed by atoms with Crippen molar-refractivity contribution in [1.82, 2.24) is 10.2 Å². The Kier molecular flexibility index (Phi) is 2.83. The second-order valence-electron chi connectivity index (χ2n) is 4.17. The van der Waals surface area contributed by atoms with Crippen LogP contribution in [-0.4, -0.2) is 37.0 Å². The number of carbonyl (C=O) groups excluding carboxylic acids is 1. The first-order valence-electron chi connectivity index (χ1n) is 5.35. The lowest BCUT2D eigenvalue weighted by Crippen LogP contribution is -2.46. The highest BCUT2D eigenvalue weighted by atomic mass is 16.2. The number of amides is 1. The summed E-state index contributed by atoms with van der Waals surface area (Å²) in [6.07, 6.45) is 4.48. The van der Waals surface area contributed by atoms with Crippen molar-refractivity contribution in [2.45, 2.75) is 25.7 Å². The molecule has 2 saturated heterocycles. The molecule has 1 N–H and O–H groups in total. The predicted octanol–water partition coefficient (Wildman–Crippen LogP) is 0.608. The normalized spacial score (nSPS) is 24.2. The Morgan fingerprint density at radius 2 is 1.92 bits per heavy atom. The third-order valence-electron chi connectivity index (χ3n) is 3.04. The highest BCUT2D eigenvalue weighted by molar-refractivity contribution is 5.76. The molecule has 3 nitrogen and oxygen atoms in total. The Morgan fingerprint density at radius 1 is 1.23 bits per heavy atom. The Bertz CT molecular complexity index is 183. The van der Waals surface area contributed by atoms with E-state index in [1.807, 2.05) is 4.90 Å². The van der Waals surface area contributed by atoms with Crippen molar-refractivity contribution in [3.63, 3.8) is 0 Å². The summed E-state index contributed by atoms with van der Waals surface area (Å²) in [5.41, 5.74) is 0. The molecule has 2 heterocycles. The van der Waals surface area contributed by atoms with Gasteiger partial charge in [0.05, 0.1) is 0 Å². The van der Waals surface area contributed by atoms with Gasteiger partial charge in [0.2, 0.25) is 5.91 Å². The number of carbonyl (C=O) groups is 1. The Balaban J connectivity index is 1.74. The molecule has 0 spiro atoms. The zero-order valence-corrected chi connectivity index (χ0v) is 8.09. The number of likely N-dealkylation sites (tertiary alicyclic amines) is 1. The van der Waals surface area contributed by atoms with Gasteiger partial charge in [-0.1, -0.05) is 0 Å². The van der Waals surface area contributed by atoms with Gasteiger partial charge in [-0.25, -0.2) is 0 Å². The molecule has 2 aliphatic heterocycles. The molecule has 13 heavy (non-hydrogen) atoms. The molecule has 0 radical (unpaired) electrons. The van der Waals surface area contributed by atoms with E-state index in [1.54, 1.807) is 0 Å². The number of piperidine rings is 1. The van der Waals surface area contributed by atoms with E-state index in [9.17, 15) is 4.79 Å². The maximum Gasteiger partial charge on any atom is 0.222 e. The second-order valence-corrected chi connectivity index (χ2v) is 4.17. The minimum Gasteiger partial charge on any atom is -0.343 e. The lowest BCUT2D eigenvalue weighted by atomic mass is 9.98. The molecule has 1 amide bonds. The molecule has 0 aliphatic carbocycles. The minimum absolute atomic E-state index is 0.381. The van der Waals surface area contributed by atoms with Gasteiger partial charge < -0.3 is 10.2 Å². The summed E-state index contributed by atoms with van der Waals surface area (Å²) in [6.45, 7) is 4.08. The molecule has 0 unspecified atom stereocenters. The van der Waals surface area contributed by atoms with Crippen molar-refractivity contribution in [2.75, 3.05) is 26.2 Å². The Morgan fingerprint density at radius 3 is 2.46 bits per heavy atom. The first-order chi connectivity index (χ1) is 6.36. The highest BCUT2D eigenvalue weighted by Gasteiger charge is 2.23. The van der Waals surface area contributed by atoms with E-state index in [4.69, 9.17) is 0 Å². The van der Waals surface area contributed by atoms with Crippen LogP contribution in [0.15, 0.2) is 0 Å². The molecule has 2 rings (SSSR count). The third-order valence-corrected chi connectivity index (χ3v) is 3.04. The smallest absolute Gasteiger partial charge is 0.222 e. The predicted molar refractivity (Wildman–Crippen MR) is 51.4 cm³/mol. The van der Waals surface area contributed by atoms with E-state index < -0.39 is 0 Å². The van der Waals surface area contributed by atoms with Gasteiger partial charge in [0, 0.05) is 19.5 Å². The SMILES string of the molecule is O=C(CC1CNC1)N1CCCCC1. The van der Waals surface area contributed by atoms with Crippen LogP contribution in [0.2, 0.25) is 0 Å². The van der Waals surface area contributed by atoms with E-state index in [2.05, 4.69) is 5.32 Å². The molecular formula is C10H18N2O. The van der Waals surface area contributed by atoms with E-state index in [1.165, 1.54) is 19.3 Å². The summed E-state index contributed by atoms with van der Waals surface area (Å²) >= 11 is 0. The number of nitrogens with one attached hydrogen (secondary N) is 1. The lowest BCUT2D eigenvalue weighted by molar-refractivity contribution is -0.133. The third kappa shape index (κ3) is 2.21. The van der Waals surface area contributed by atoms with Gasteiger partial charge in [-0.15, -0.1) is 0 Å². The summed E-state index contributed by atoms with van der Waals surface area (Å²) < 4.78 is 0. The number of rotatable bonds is 2. The summed E-state index contributed by atoms with van der Waals surface area (Å²) in [7, 11) is 0. The van der Waals surface area contributed by atoms with E-state index in [-0.39, 0.29) is 0 Å². The number of hydrogen-bond donors (Lipinski definition) is 1. The molecule has 0 aromatic rings. The molecule has 74 valence electrons. The lowest BCUT2D eigenvalue weighted by Gasteiger charge is -2.31. The summed E-state index contributed by atoms with van der Waals surface area (Å²) in [6, 6.07) is 0. The quantitative estimate of drug-likeness (QED) is 0.678. The standard InChI is InChI=1S/C10H18N2O/c13-10(6-9-7-11-8-9)12-4-2-1-3-5-12/h9,11H,1-8H2. The van der Waals surface area contributed by atoms with Crippen molar-refractivity contribution in [3.8, 4) is 0 Å². The largest absolute Gasteiger partial charge is 0.343 e. The minimum atomic E-state index is 0.381. The number of nitrogens with zero attached hydrogens (tertiary/aromatic N) is 1. The van der Waals surface area contributed by atoms with Crippen LogP contribution in [0.25, 0.3) is 0 Å².